The Kier molecular flexibility index (Phi) is 3.69. The van der Waals surface area contributed by atoms with Gasteiger partial charge in [-0.25, -0.2) is 0 Å². The molecular formula is C9H19N3O. The van der Waals surface area contributed by atoms with Crippen LogP contribution in [0.2, 0.25) is 0 Å². The third-order valence-electron chi connectivity index (χ3n) is 2.28. The van der Waals surface area contributed by atoms with E-state index in [4.69, 9.17) is 0 Å². The van der Waals surface area contributed by atoms with E-state index in [9.17, 15) is 4.79 Å². The minimum absolute atomic E-state index is 0.112. The Morgan fingerprint density at radius 1 is 1.46 bits per heavy atom. The summed E-state index contributed by atoms with van der Waals surface area (Å²) < 4.78 is 0. The number of piperazine rings is 1. The predicted octanol–water partition coefficient (Wildman–Crippen LogP) is -0.584. The van der Waals surface area contributed by atoms with Gasteiger partial charge in [0.05, 0.1) is 0 Å². The van der Waals surface area contributed by atoms with Gasteiger partial charge in [-0.2, -0.15) is 0 Å². The lowest BCUT2D eigenvalue weighted by Crippen LogP contribution is -2.53. The Balaban J connectivity index is 2.32. The maximum Gasteiger partial charge on any atom is 0.207 e. The topological polar surface area (TPSA) is 44.4 Å². The normalized spacial score (nSPS) is 19.8. The summed E-state index contributed by atoms with van der Waals surface area (Å²) in [7, 11) is 0. The second-order valence-corrected chi connectivity index (χ2v) is 4.17. The van der Waals surface area contributed by atoms with Gasteiger partial charge in [-0.3, -0.25) is 9.69 Å². The molecule has 1 rings (SSSR count). The molecule has 1 heterocycles. The minimum atomic E-state index is -0.112. The molecule has 4 heteroatoms. The van der Waals surface area contributed by atoms with Gasteiger partial charge in [-0.05, 0) is 13.8 Å². The fraction of sp³-hybridized carbons (Fsp3) is 0.889. The predicted molar refractivity (Wildman–Crippen MR) is 52.6 cm³/mol. The molecule has 0 unspecified atom stereocenters. The largest absolute Gasteiger partial charge is 0.353 e. The molecule has 1 saturated heterocycles. The summed E-state index contributed by atoms with van der Waals surface area (Å²) in [6.45, 7) is 9.27. The molecule has 0 radical (unpaired) electrons. The first-order valence-corrected chi connectivity index (χ1v) is 4.78. The van der Waals surface area contributed by atoms with Crippen LogP contribution in [0.15, 0.2) is 0 Å². The summed E-state index contributed by atoms with van der Waals surface area (Å²) in [6, 6.07) is 0. The summed E-state index contributed by atoms with van der Waals surface area (Å²) in [4.78, 5) is 12.7. The van der Waals surface area contributed by atoms with Crippen molar-refractivity contribution in [1.82, 2.24) is 15.5 Å². The standard InChI is InChI=1S/C9H19N3O/c1-9(2,11-8-13)7-12-5-3-10-4-6-12/h8,10H,3-7H2,1-2H3,(H,11,13). The molecule has 0 bridgehead atoms. The average Bonchev–Trinajstić information content (AvgIpc) is 2.04. The fourth-order valence-corrected chi connectivity index (χ4v) is 1.63. The van der Waals surface area contributed by atoms with Gasteiger partial charge >= 0.3 is 0 Å². The quantitative estimate of drug-likeness (QED) is 0.576. The zero-order chi connectivity index (χ0) is 9.73. The van der Waals surface area contributed by atoms with Crippen LogP contribution < -0.4 is 10.6 Å². The van der Waals surface area contributed by atoms with E-state index in [0.717, 1.165) is 39.1 Å². The summed E-state index contributed by atoms with van der Waals surface area (Å²) in [6.07, 6.45) is 0.780. The van der Waals surface area contributed by atoms with Crippen molar-refractivity contribution in [2.45, 2.75) is 19.4 Å². The minimum Gasteiger partial charge on any atom is -0.353 e. The van der Waals surface area contributed by atoms with Crippen molar-refractivity contribution in [3.63, 3.8) is 0 Å². The van der Waals surface area contributed by atoms with Crippen LogP contribution in [-0.2, 0) is 4.79 Å². The van der Waals surface area contributed by atoms with Crippen LogP contribution in [0, 0.1) is 0 Å². The number of nitrogens with zero attached hydrogens (tertiary/aromatic N) is 1. The van der Waals surface area contributed by atoms with E-state index in [-0.39, 0.29) is 5.54 Å². The smallest absolute Gasteiger partial charge is 0.207 e. The molecule has 13 heavy (non-hydrogen) atoms. The van der Waals surface area contributed by atoms with Crippen molar-refractivity contribution in [2.75, 3.05) is 32.7 Å². The number of nitrogens with one attached hydrogen (secondary N) is 2. The van der Waals surface area contributed by atoms with Crippen molar-refractivity contribution in [3.05, 3.63) is 0 Å². The maximum atomic E-state index is 10.3. The summed E-state index contributed by atoms with van der Waals surface area (Å²) >= 11 is 0. The number of rotatable bonds is 4. The second-order valence-electron chi connectivity index (χ2n) is 4.17. The molecule has 0 aromatic rings. The molecule has 76 valence electrons. The molecule has 0 spiro atoms. The fourth-order valence-electron chi connectivity index (χ4n) is 1.63. The van der Waals surface area contributed by atoms with Gasteiger partial charge in [-0.1, -0.05) is 0 Å². The first-order valence-electron chi connectivity index (χ1n) is 4.78. The molecule has 4 nitrogen and oxygen atoms in total. The molecular weight excluding hydrogens is 166 g/mol. The van der Waals surface area contributed by atoms with E-state index in [1.807, 2.05) is 13.8 Å². The van der Waals surface area contributed by atoms with Crippen molar-refractivity contribution in [3.8, 4) is 0 Å². The van der Waals surface area contributed by atoms with Crippen LogP contribution in [-0.4, -0.2) is 49.6 Å². The van der Waals surface area contributed by atoms with E-state index in [1.54, 1.807) is 0 Å². The van der Waals surface area contributed by atoms with Crippen LogP contribution in [0.5, 0.6) is 0 Å². The highest BCUT2D eigenvalue weighted by Crippen LogP contribution is 2.05. The SMILES string of the molecule is CC(C)(CN1CCNCC1)NC=O. The third kappa shape index (κ3) is 3.74. The van der Waals surface area contributed by atoms with Gasteiger partial charge in [-0.15, -0.1) is 0 Å². The lowest BCUT2D eigenvalue weighted by atomic mass is 10.1. The Bertz CT molecular complexity index is 164. The average molecular weight is 185 g/mol. The summed E-state index contributed by atoms with van der Waals surface area (Å²) in [5.41, 5.74) is -0.112. The Hall–Kier alpha value is -0.610. The molecule has 1 aliphatic heterocycles. The zero-order valence-electron chi connectivity index (χ0n) is 8.47. The molecule has 1 fully saturated rings. The van der Waals surface area contributed by atoms with Gasteiger partial charge in [0.25, 0.3) is 0 Å². The number of hydrogen-bond donors (Lipinski definition) is 2. The van der Waals surface area contributed by atoms with Crippen molar-refractivity contribution < 1.29 is 4.79 Å². The molecule has 0 saturated carbocycles. The lowest BCUT2D eigenvalue weighted by molar-refractivity contribution is -0.111. The van der Waals surface area contributed by atoms with Gasteiger partial charge in [0.15, 0.2) is 0 Å². The number of hydrogen-bond acceptors (Lipinski definition) is 3. The van der Waals surface area contributed by atoms with Gasteiger partial charge in [0.2, 0.25) is 6.41 Å². The van der Waals surface area contributed by atoms with Crippen LogP contribution in [0.3, 0.4) is 0 Å². The molecule has 0 atom stereocenters. The number of carbonyl (C=O) groups is 1. The van der Waals surface area contributed by atoms with Crippen LogP contribution in [0.4, 0.5) is 0 Å². The third-order valence-corrected chi connectivity index (χ3v) is 2.28. The highest BCUT2D eigenvalue weighted by Gasteiger charge is 2.21. The zero-order valence-corrected chi connectivity index (χ0v) is 8.47. The van der Waals surface area contributed by atoms with E-state index < -0.39 is 0 Å². The Morgan fingerprint density at radius 2 is 2.08 bits per heavy atom. The highest BCUT2D eigenvalue weighted by molar-refractivity contribution is 5.47. The molecule has 2 N–H and O–H groups in total. The van der Waals surface area contributed by atoms with Crippen molar-refractivity contribution >= 4 is 6.41 Å². The maximum absolute atomic E-state index is 10.3. The van der Waals surface area contributed by atoms with Gasteiger partial charge < -0.3 is 10.6 Å². The van der Waals surface area contributed by atoms with E-state index >= 15 is 0 Å². The molecule has 0 aromatic carbocycles. The van der Waals surface area contributed by atoms with Crippen LogP contribution >= 0.6 is 0 Å². The molecule has 1 amide bonds. The summed E-state index contributed by atoms with van der Waals surface area (Å²) in [5.74, 6) is 0. The summed E-state index contributed by atoms with van der Waals surface area (Å²) in [5, 5.41) is 6.13. The van der Waals surface area contributed by atoms with E-state index in [2.05, 4.69) is 15.5 Å². The van der Waals surface area contributed by atoms with Gasteiger partial charge in [0.1, 0.15) is 0 Å². The molecule has 0 aromatic heterocycles. The lowest BCUT2D eigenvalue weighted by Gasteiger charge is -2.34. The molecule has 0 aliphatic carbocycles. The Morgan fingerprint density at radius 3 is 2.62 bits per heavy atom. The van der Waals surface area contributed by atoms with Crippen LogP contribution in [0.25, 0.3) is 0 Å². The van der Waals surface area contributed by atoms with Crippen molar-refractivity contribution in [1.29, 1.82) is 0 Å². The first-order chi connectivity index (χ1) is 6.14. The number of amides is 1. The van der Waals surface area contributed by atoms with Crippen molar-refractivity contribution in [2.24, 2.45) is 0 Å². The van der Waals surface area contributed by atoms with E-state index in [1.165, 1.54) is 0 Å². The second kappa shape index (κ2) is 4.58. The van der Waals surface area contributed by atoms with Gasteiger partial charge in [0, 0.05) is 38.3 Å². The number of carbonyl (C=O) groups excluding carboxylic acids is 1. The Labute approximate surface area is 79.7 Å². The first kappa shape index (κ1) is 10.5. The molecule has 1 aliphatic rings. The monoisotopic (exact) mass is 185 g/mol. The van der Waals surface area contributed by atoms with E-state index in [0.29, 0.717) is 0 Å². The van der Waals surface area contributed by atoms with Crippen LogP contribution in [0.1, 0.15) is 13.8 Å². The highest BCUT2D eigenvalue weighted by atomic mass is 16.1.